The molecular weight excluding hydrogens is 394 g/mol. The van der Waals surface area contributed by atoms with Crippen LogP contribution in [0.2, 0.25) is 0 Å². The van der Waals surface area contributed by atoms with Gasteiger partial charge in [-0.1, -0.05) is 28.1 Å². The summed E-state index contributed by atoms with van der Waals surface area (Å²) >= 11 is 3.34. The number of nitro benzene ring substituents is 1. The van der Waals surface area contributed by atoms with E-state index in [4.69, 9.17) is 9.47 Å². The average Bonchev–Trinajstić information content (AvgIpc) is 2.60. The van der Waals surface area contributed by atoms with Gasteiger partial charge in [0.25, 0.3) is 5.91 Å². The highest BCUT2D eigenvalue weighted by Gasteiger charge is 2.14. The summed E-state index contributed by atoms with van der Waals surface area (Å²) in [6, 6.07) is 11.2. The number of carbonyl (C=O) groups excluding carboxylic acids is 1. The molecule has 0 spiro atoms. The van der Waals surface area contributed by atoms with Gasteiger partial charge in [-0.25, -0.2) is 5.43 Å². The van der Waals surface area contributed by atoms with E-state index in [0.717, 1.165) is 4.47 Å². The summed E-state index contributed by atoms with van der Waals surface area (Å²) in [5.41, 5.74) is 2.74. The number of amides is 1. The smallest absolute Gasteiger partial charge is 0.310 e. The van der Waals surface area contributed by atoms with Crippen molar-refractivity contribution in [3.63, 3.8) is 0 Å². The van der Waals surface area contributed by atoms with E-state index < -0.39 is 17.4 Å². The van der Waals surface area contributed by atoms with Crippen LogP contribution >= 0.6 is 15.9 Å². The third kappa shape index (κ3) is 5.28. The van der Waals surface area contributed by atoms with Crippen LogP contribution in [0.25, 0.3) is 0 Å². The number of carbonyl (C=O) groups is 1. The van der Waals surface area contributed by atoms with Crippen LogP contribution in [0.3, 0.4) is 0 Å². The van der Waals surface area contributed by atoms with Crippen molar-refractivity contribution >= 4 is 33.7 Å². The predicted molar refractivity (Wildman–Crippen MR) is 95.0 cm³/mol. The highest BCUT2D eigenvalue weighted by atomic mass is 79.9. The van der Waals surface area contributed by atoms with Crippen molar-refractivity contribution in [1.29, 1.82) is 0 Å². The summed E-state index contributed by atoms with van der Waals surface area (Å²) in [4.78, 5) is 22.0. The van der Waals surface area contributed by atoms with E-state index >= 15 is 0 Å². The van der Waals surface area contributed by atoms with E-state index in [1.165, 1.54) is 31.5 Å². The van der Waals surface area contributed by atoms with Crippen molar-refractivity contribution in [3.8, 4) is 11.5 Å². The number of rotatable bonds is 7. The number of methoxy groups -OCH3 is 1. The zero-order valence-electron chi connectivity index (χ0n) is 13.1. The van der Waals surface area contributed by atoms with E-state index in [9.17, 15) is 14.9 Å². The fraction of sp³-hybridized carbons (Fsp3) is 0.125. The van der Waals surface area contributed by atoms with Crippen LogP contribution in [0, 0.1) is 10.1 Å². The molecule has 0 unspecified atom stereocenters. The Morgan fingerprint density at radius 3 is 2.80 bits per heavy atom. The molecule has 0 atom stereocenters. The normalized spacial score (nSPS) is 10.5. The molecule has 8 nitrogen and oxygen atoms in total. The molecule has 0 fully saturated rings. The maximum atomic E-state index is 11.7. The van der Waals surface area contributed by atoms with Gasteiger partial charge < -0.3 is 9.47 Å². The first-order valence-electron chi connectivity index (χ1n) is 7.03. The van der Waals surface area contributed by atoms with E-state index in [0.29, 0.717) is 11.3 Å². The molecule has 25 heavy (non-hydrogen) atoms. The maximum absolute atomic E-state index is 11.7. The zero-order valence-corrected chi connectivity index (χ0v) is 14.7. The number of hydrogen-bond acceptors (Lipinski definition) is 6. The largest absolute Gasteiger partial charge is 0.496 e. The van der Waals surface area contributed by atoms with Crippen LogP contribution in [0.15, 0.2) is 52.0 Å². The number of hydrazone groups is 1. The number of para-hydroxylation sites is 2. The Labute approximate surface area is 151 Å². The number of nitrogens with zero attached hydrogens (tertiary/aromatic N) is 2. The molecule has 1 N–H and O–H groups in total. The van der Waals surface area contributed by atoms with Crippen LogP contribution in [-0.4, -0.2) is 30.8 Å². The number of halogens is 1. The van der Waals surface area contributed by atoms with Gasteiger partial charge in [-0.2, -0.15) is 5.10 Å². The Hall–Kier alpha value is -2.94. The standard InChI is InChI=1S/C16H14BrN3O5/c1-24-14-7-6-12(17)8-11(14)9-18-19-16(21)10-25-15-5-3-2-4-13(15)20(22)23/h2-9H,10H2,1H3,(H,19,21)/b18-9-. The second-order valence-electron chi connectivity index (χ2n) is 4.69. The molecule has 0 saturated heterocycles. The van der Waals surface area contributed by atoms with Crippen LogP contribution in [-0.2, 0) is 4.79 Å². The molecule has 2 aromatic rings. The molecular formula is C16H14BrN3O5. The lowest BCUT2D eigenvalue weighted by Crippen LogP contribution is -2.24. The molecule has 0 aliphatic carbocycles. The van der Waals surface area contributed by atoms with Crippen molar-refractivity contribution in [1.82, 2.24) is 5.43 Å². The predicted octanol–water partition coefficient (Wildman–Crippen LogP) is 2.90. The van der Waals surface area contributed by atoms with E-state index in [1.54, 1.807) is 18.2 Å². The van der Waals surface area contributed by atoms with Gasteiger partial charge >= 0.3 is 5.69 Å². The van der Waals surface area contributed by atoms with Crippen LogP contribution in [0.5, 0.6) is 11.5 Å². The monoisotopic (exact) mass is 407 g/mol. The Morgan fingerprint density at radius 1 is 1.32 bits per heavy atom. The lowest BCUT2D eigenvalue weighted by atomic mass is 10.2. The van der Waals surface area contributed by atoms with E-state index in [1.807, 2.05) is 6.07 Å². The van der Waals surface area contributed by atoms with Crippen LogP contribution < -0.4 is 14.9 Å². The van der Waals surface area contributed by atoms with Gasteiger partial charge in [0, 0.05) is 16.1 Å². The van der Waals surface area contributed by atoms with Gasteiger partial charge in [0.1, 0.15) is 5.75 Å². The van der Waals surface area contributed by atoms with Gasteiger partial charge in [-0.3, -0.25) is 14.9 Å². The minimum Gasteiger partial charge on any atom is -0.496 e. The summed E-state index contributed by atoms with van der Waals surface area (Å²) < 4.78 is 11.2. The molecule has 1 amide bonds. The molecule has 0 saturated carbocycles. The van der Waals surface area contributed by atoms with Crippen LogP contribution in [0.4, 0.5) is 5.69 Å². The fourth-order valence-corrected chi connectivity index (χ4v) is 2.26. The van der Waals surface area contributed by atoms with Gasteiger partial charge in [0.2, 0.25) is 0 Å². The van der Waals surface area contributed by atoms with Gasteiger partial charge in [-0.05, 0) is 24.3 Å². The highest BCUT2D eigenvalue weighted by molar-refractivity contribution is 9.10. The highest BCUT2D eigenvalue weighted by Crippen LogP contribution is 2.25. The SMILES string of the molecule is COc1ccc(Br)cc1/C=N\NC(=O)COc1ccccc1[N+](=O)[O-]. The summed E-state index contributed by atoms with van der Waals surface area (Å²) in [7, 11) is 1.53. The second-order valence-corrected chi connectivity index (χ2v) is 5.61. The van der Waals surface area contributed by atoms with Crippen molar-refractivity contribution in [2.45, 2.75) is 0 Å². The molecule has 2 aromatic carbocycles. The zero-order chi connectivity index (χ0) is 18.2. The molecule has 0 aliphatic rings. The summed E-state index contributed by atoms with van der Waals surface area (Å²) in [6.07, 6.45) is 1.42. The number of hydrogen-bond donors (Lipinski definition) is 1. The van der Waals surface area contributed by atoms with Crippen molar-refractivity contribution in [2.24, 2.45) is 5.10 Å². The number of ether oxygens (including phenoxy) is 2. The lowest BCUT2D eigenvalue weighted by Gasteiger charge is -2.06. The Kier molecular flexibility index (Phi) is 6.47. The Bertz CT molecular complexity index is 810. The molecule has 0 heterocycles. The third-order valence-electron chi connectivity index (χ3n) is 3.01. The summed E-state index contributed by atoms with van der Waals surface area (Å²) in [6.45, 7) is -0.405. The first-order valence-corrected chi connectivity index (χ1v) is 7.82. The van der Waals surface area contributed by atoms with Crippen molar-refractivity contribution in [3.05, 3.63) is 62.6 Å². The minimum absolute atomic E-state index is 0.0142. The van der Waals surface area contributed by atoms with Crippen molar-refractivity contribution in [2.75, 3.05) is 13.7 Å². The summed E-state index contributed by atoms with van der Waals surface area (Å²) in [5.74, 6) is 0.0565. The molecule has 130 valence electrons. The van der Waals surface area contributed by atoms with Gasteiger partial charge in [-0.15, -0.1) is 0 Å². The minimum atomic E-state index is -0.578. The number of benzene rings is 2. The molecule has 9 heteroatoms. The Balaban J connectivity index is 1.94. The third-order valence-corrected chi connectivity index (χ3v) is 3.50. The van der Waals surface area contributed by atoms with Gasteiger partial charge in [0.05, 0.1) is 18.2 Å². The molecule has 0 aromatic heterocycles. The van der Waals surface area contributed by atoms with Gasteiger partial charge in [0.15, 0.2) is 12.4 Å². The molecule has 0 radical (unpaired) electrons. The second kappa shape index (κ2) is 8.78. The van der Waals surface area contributed by atoms with Crippen LogP contribution in [0.1, 0.15) is 5.56 Å². The maximum Gasteiger partial charge on any atom is 0.310 e. The number of nitrogens with one attached hydrogen (secondary N) is 1. The van der Waals surface area contributed by atoms with Crippen molar-refractivity contribution < 1.29 is 19.2 Å². The molecule has 2 rings (SSSR count). The van der Waals surface area contributed by atoms with E-state index in [2.05, 4.69) is 26.5 Å². The topological polar surface area (TPSA) is 103 Å². The fourth-order valence-electron chi connectivity index (χ4n) is 1.89. The molecule has 0 aliphatic heterocycles. The first-order chi connectivity index (χ1) is 12.0. The average molecular weight is 408 g/mol. The molecule has 0 bridgehead atoms. The first kappa shape index (κ1) is 18.4. The Morgan fingerprint density at radius 2 is 2.08 bits per heavy atom. The quantitative estimate of drug-likeness (QED) is 0.431. The lowest BCUT2D eigenvalue weighted by molar-refractivity contribution is -0.385. The summed E-state index contributed by atoms with van der Waals surface area (Å²) in [5, 5.41) is 14.7. The van der Waals surface area contributed by atoms with E-state index in [-0.39, 0.29) is 11.4 Å². The number of nitro groups is 1.